The first-order valence-corrected chi connectivity index (χ1v) is 9.78. The van der Waals surface area contributed by atoms with E-state index in [1.165, 1.54) is 28.0 Å². The van der Waals surface area contributed by atoms with Gasteiger partial charge in [0.1, 0.15) is 0 Å². The Morgan fingerprint density at radius 1 is 1.26 bits per heavy atom. The van der Waals surface area contributed by atoms with E-state index in [-0.39, 0.29) is 49.4 Å². The van der Waals surface area contributed by atoms with Gasteiger partial charge in [-0.05, 0) is 18.2 Å². The maximum Gasteiger partial charge on any atom is 0.334 e. The van der Waals surface area contributed by atoms with Crippen molar-refractivity contribution in [3.63, 3.8) is 0 Å². The summed E-state index contributed by atoms with van der Waals surface area (Å²) in [7, 11) is -3.92. The van der Waals surface area contributed by atoms with Crippen LogP contribution in [0.15, 0.2) is 29.2 Å². The summed E-state index contributed by atoms with van der Waals surface area (Å²) in [6, 6.07) is 5.64. The Morgan fingerprint density at radius 2 is 2.00 bits per heavy atom. The molecule has 27 heavy (non-hydrogen) atoms. The first-order chi connectivity index (χ1) is 12.7. The summed E-state index contributed by atoms with van der Waals surface area (Å²) in [5.41, 5.74) is 0.340. The number of carbonyl (C=O) groups is 3. The zero-order valence-electron chi connectivity index (χ0n) is 14.3. The highest BCUT2D eigenvalue weighted by Crippen LogP contribution is 2.28. The van der Waals surface area contributed by atoms with Crippen LogP contribution in [0.5, 0.6) is 0 Å². The van der Waals surface area contributed by atoms with Crippen LogP contribution < -0.4 is 10.0 Å². The van der Waals surface area contributed by atoms with E-state index < -0.39 is 28.0 Å². The molecule has 2 amide bonds. The van der Waals surface area contributed by atoms with E-state index in [2.05, 4.69) is 0 Å². The molecule has 3 rings (SSSR count). The molecule has 0 spiro atoms. The van der Waals surface area contributed by atoms with Crippen molar-refractivity contribution in [1.29, 1.82) is 0 Å². The number of aliphatic carboxylic acids is 1. The van der Waals surface area contributed by atoms with Crippen LogP contribution in [0.2, 0.25) is 0 Å². The normalized spacial score (nSPS) is 23.5. The lowest BCUT2D eigenvalue weighted by Gasteiger charge is -2.32. The van der Waals surface area contributed by atoms with Crippen LogP contribution in [-0.4, -0.2) is 68.6 Å². The Kier molecular flexibility index (Phi) is 5.18. The highest BCUT2D eigenvalue weighted by Gasteiger charge is 2.39. The highest BCUT2D eigenvalue weighted by atomic mass is 32.2. The average Bonchev–Trinajstić information content (AvgIpc) is 3.02. The third kappa shape index (κ3) is 4.10. The maximum atomic E-state index is 12.7. The van der Waals surface area contributed by atoms with Crippen LogP contribution in [0.1, 0.15) is 6.42 Å². The van der Waals surface area contributed by atoms with E-state index in [0.717, 1.165) is 0 Å². The summed E-state index contributed by atoms with van der Waals surface area (Å²) in [6.45, 7) is 0.387. The summed E-state index contributed by atoms with van der Waals surface area (Å²) < 4.78 is 28.1. The number of carboxylic acid groups (broad SMARTS) is 1. The van der Waals surface area contributed by atoms with Gasteiger partial charge in [-0.25, -0.2) is 18.4 Å². The molecule has 0 radical (unpaired) electrons. The molecule has 0 aromatic heterocycles. The van der Waals surface area contributed by atoms with Crippen molar-refractivity contribution >= 4 is 33.5 Å². The van der Waals surface area contributed by atoms with Gasteiger partial charge < -0.3 is 19.6 Å². The van der Waals surface area contributed by atoms with E-state index in [9.17, 15) is 22.8 Å². The van der Waals surface area contributed by atoms with Crippen molar-refractivity contribution in [3.05, 3.63) is 24.3 Å². The fraction of sp³-hybridized carbons (Fsp3) is 0.438. The first kappa shape index (κ1) is 19.3. The molecule has 3 N–H and O–H groups in total. The van der Waals surface area contributed by atoms with Gasteiger partial charge in [-0.15, -0.1) is 0 Å². The number of anilines is 1. The number of ether oxygens (including phenoxy) is 1. The minimum Gasteiger partial charge on any atom is -0.479 e. The Hall–Kier alpha value is -2.50. The smallest absolute Gasteiger partial charge is 0.334 e. The summed E-state index contributed by atoms with van der Waals surface area (Å²) in [4.78, 5) is 38.7. The fourth-order valence-corrected chi connectivity index (χ4v) is 3.76. The van der Waals surface area contributed by atoms with Crippen molar-refractivity contribution in [3.8, 4) is 0 Å². The topological polar surface area (TPSA) is 147 Å². The second kappa shape index (κ2) is 7.25. The number of benzene rings is 1. The minimum atomic E-state index is -3.92. The Balaban J connectivity index is 1.74. The fourth-order valence-electron chi connectivity index (χ4n) is 3.21. The van der Waals surface area contributed by atoms with Crippen molar-refractivity contribution in [2.24, 2.45) is 11.1 Å². The van der Waals surface area contributed by atoms with Gasteiger partial charge in [0.25, 0.3) is 0 Å². The molecular formula is C16H19N3O7S. The van der Waals surface area contributed by atoms with Crippen LogP contribution in [0.3, 0.4) is 0 Å². The number of amides is 2. The molecule has 10 nitrogen and oxygen atoms in total. The predicted molar refractivity (Wildman–Crippen MR) is 92.2 cm³/mol. The number of rotatable bonds is 4. The van der Waals surface area contributed by atoms with Gasteiger partial charge in [-0.1, -0.05) is 6.07 Å². The number of nitrogens with two attached hydrogens (primary N) is 1. The number of carboxylic acids is 1. The van der Waals surface area contributed by atoms with Gasteiger partial charge >= 0.3 is 5.97 Å². The quantitative estimate of drug-likeness (QED) is 0.662. The van der Waals surface area contributed by atoms with Gasteiger partial charge in [0.05, 0.1) is 24.0 Å². The van der Waals surface area contributed by atoms with Crippen molar-refractivity contribution in [2.45, 2.75) is 17.4 Å². The number of nitrogens with zero attached hydrogens (tertiary/aromatic N) is 2. The first-order valence-electron chi connectivity index (χ1n) is 8.23. The van der Waals surface area contributed by atoms with Gasteiger partial charge in [0.2, 0.25) is 21.8 Å². The Morgan fingerprint density at radius 3 is 2.67 bits per heavy atom. The third-order valence-corrected chi connectivity index (χ3v) is 5.50. The van der Waals surface area contributed by atoms with E-state index in [1.807, 2.05) is 0 Å². The Labute approximate surface area is 155 Å². The second-order valence-corrected chi connectivity index (χ2v) is 7.99. The molecule has 1 aromatic carbocycles. The molecule has 2 aliphatic heterocycles. The van der Waals surface area contributed by atoms with E-state index >= 15 is 0 Å². The van der Waals surface area contributed by atoms with Crippen LogP contribution in [0.4, 0.5) is 5.69 Å². The average molecular weight is 397 g/mol. The molecule has 0 aliphatic carbocycles. The van der Waals surface area contributed by atoms with Crippen molar-refractivity contribution < 1.29 is 32.6 Å². The lowest BCUT2D eigenvalue weighted by atomic mass is 10.1. The molecule has 2 saturated heterocycles. The molecule has 146 valence electrons. The maximum absolute atomic E-state index is 12.7. The molecule has 0 bridgehead atoms. The minimum absolute atomic E-state index is 0.0342. The van der Waals surface area contributed by atoms with Crippen molar-refractivity contribution in [1.82, 2.24) is 4.90 Å². The molecule has 2 aliphatic rings. The number of hydrogen-bond donors (Lipinski definition) is 2. The summed E-state index contributed by atoms with van der Waals surface area (Å²) >= 11 is 0. The van der Waals surface area contributed by atoms with Crippen LogP contribution >= 0.6 is 0 Å². The number of primary sulfonamides is 1. The second-order valence-electron chi connectivity index (χ2n) is 6.43. The summed E-state index contributed by atoms with van der Waals surface area (Å²) in [5.74, 6) is -2.41. The van der Waals surface area contributed by atoms with Crippen molar-refractivity contribution in [2.75, 3.05) is 31.1 Å². The highest BCUT2D eigenvalue weighted by molar-refractivity contribution is 7.89. The summed E-state index contributed by atoms with van der Waals surface area (Å²) in [5, 5.41) is 14.2. The largest absolute Gasteiger partial charge is 0.479 e. The number of morpholine rings is 1. The molecule has 2 fully saturated rings. The molecular weight excluding hydrogens is 378 g/mol. The summed E-state index contributed by atoms with van der Waals surface area (Å²) in [6.07, 6.45) is -1.12. The number of sulfonamides is 1. The van der Waals surface area contributed by atoms with Crippen LogP contribution in [-0.2, 0) is 29.1 Å². The van der Waals surface area contributed by atoms with Gasteiger partial charge in [0.15, 0.2) is 6.10 Å². The zero-order valence-corrected chi connectivity index (χ0v) is 15.1. The van der Waals surface area contributed by atoms with Crippen LogP contribution in [0.25, 0.3) is 0 Å². The zero-order chi connectivity index (χ0) is 19.8. The molecule has 11 heteroatoms. The number of carbonyl (C=O) groups excluding carboxylic acids is 2. The van der Waals surface area contributed by atoms with Crippen LogP contribution in [0, 0.1) is 5.92 Å². The van der Waals surface area contributed by atoms with E-state index in [4.69, 9.17) is 15.0 Å². The number of hydrogen-bond acceptors (Lipinski definition) is 6. The van der Waals surface area contributed by atoms with E-state index in [1.54, 1.807) is 6.07 Å². The molecule has 1 aromatic rings. The predicted octanol–water partition coefficient (Wildman–Crippen LogP) is -1.00. The lowest BCUT2D eigenvalue weighted by molar-refractivity contribution is -0.160. The lowest BCUT2D eigenvalue weighted by Crippen LogP contribution is -2.50. The third-order valence-electron chi connectivity index (χ3n) is 4.59. The standard InChI is InChI=1S/C16H19N3O7S/c17-27(24,25)12-3-1-2-11(7-12)19-8-10(6-14(19)20)15(21)18-4-5-26-13(9-18)16(22)23/h1-3,7,10,13H,4-6,8-9H2,(H,22,23)(H2,17,24,25). The monoisotopic (exact) mass is 397 g/mol. The molecule has 2 atom stereocenters. The SMILES string of the molecule is NS(=O)(=O)c1cccc(N2CC(C(=O)N3CCOC(C(=O)O)C3)CC2=O)c1. The van der Waals surface area contributed by atoms with Gasteiger partial charge in [0, 0.05) is 25.2 Å². The molecule has 0 saturated carbocycles. The van der Waals surface area contributed by atoms with Gasteiger partial charge in [-0.2, -0.15) is 0 Å². The van der Waals surface area contributed by atoms with E-state index in [0.29, 0.717) is 5.69 Å². The molecule has 2 heterocycles. The Bertz CT molecular complexity index is 886. The van der Waals surface area contributed by atoms with Gasteiger partial charge in [-0.3, -0.25) is 9.59 Å². The molecule has 2 unspecified atom stereocenters.